The number of carbonyl (C=O) groups is 1. The van der Waals surface area contributed by atoms with Crippen LogP contribution < -0.4 is 0 Å². The van der Waals surface area contributed by atoms with Crippen LogP contribution in [0, 0.1) is 5.92 Å². The standard InChI is InChI=1S/C29H28N2O2/c32-29(28(24-9-3-1-4-10-24)25-11-5-2-6-12-25)31-15-16-33-21-23(20-31)17-22-18-26-13-7-8-14-27(26)30-19-22/h1-14,18-19,23,28H,15-17,20-21H2. The third-order valence-corrected chi connectivity index (χ3v) is 6.33. The zero-order valence-electron chi connectivity index (χ0n) is 18.6. The van der Waals surface area contributed by atoms with Crippen molar-refractivity contribution in [2.45, 2.75) is 12.3 Å². The van der Waals surface area contributed by atoms with E-state index in [1.165, 1.54) is 5.56 Å². The second-order valence-corrected chi connectivity index (χ2v) is 8.72. The van der Waals surface area contributed by atoms with Gasteiger partial charge < -0.3 is 9.64 Å². The molecule has 2 heterocycles. The van der Waals surface area contributed by atoms with Crippen molar-refractivity contribution in [3.63, 3.8) is 0 Å². The third-order valence-electron chi connectivity index (χ3n) is 6.33. The summed E-state index contributed by atoms with van der Waals surface area (Å²) in [5, 5.41) is 1.14. The van der Waals surface area contributed by atoms with E-state index in [0.717, 1.165) is 28.5 Å². The topological polar surface area (TPSA) is 42.4 Å². The van der Waals surface area contributed by atoms with Crippen LogP contribution in [0.15, 0.2) is 97.2 Å². The van der Waals surface area contributed by atoms with Gasteiger partial charge in [0.2, 0.25) is 5.91 Å². The number of ether oxygens (including phenoxy) is 1. The molecule has 1 amide bonds. The molecule has 4 aromatic rings. The number of fused-ring (bicyclic) bond motifs is 1. The zero-order chi connectivity index (χ0) is 22.5. The highest BCUT2D eigenvalue weighted by Gasteiger charge is 2.30. The minimum atomic E-state index is -0.312. The lowest BCUT2D eigenvalue weighted by Crippen LogP contribution is -2.39. The monoisotopic (exact) mass is 436 g/mol. The van der Waals surface area contributed by atoms with E-state index >= 15 is 0 Å². The van der Waals surface area contributed by atoms with E-state index < -0.39 is 0 Å². The van der Waals surface area contributed by atoms with Crippen molar-refractivity contribution >= 4 is 16.8 Å². The molecule has 0 aliphatic carbocycles. The highest BCUT2D eigenvalue weighted by Crippen LogP contribution is 2.28. The smallest absolute Gasteiger partial charge is 0.234 e. The predicted octanol–water partition coefficient (Wildman–Crippen LogP) is 5.08. The Kier molecular flexibility index (Phi) is 6.45. The van der Waals surface area contributed by atoms with Gasteiger partial charge in [-0.1, -0.05) is 78.9 Å². The summed E-state index contributed by atoms with van der Waals surface area (Å²) in [6.07, 6.45) is 2.79. The van der Waals surface area contributed by atoms with E-state index in [0.29, 0.717) is 26.3 Å². The Balaban J connectivity index is 1.38. The number of hydrogen-bond donors (Lipinski definition) is 0. The molecule has 0 N–H and O–H groups in total. The van der Waals surface area contributed by atoms with Gasteiger partial charge in [-0.05, 0) is 35.2 Å². The molecule has 3 aromatic carbocycles. The first kappa shape index (κ1) is 21.4. The number of para-hydroxylation sites is 1. The van der Waals surface area contributed by atoms with Gasteiger partial charge in [0.25, 0.3) is 0 Å². The Labute approximate surface area is 194 Å². The zero-order valence-corrected chi connectivity index (χ0v) is 18.6. The summed E-state index contributed by atoms with van der Waals surface area (Å²) in [5.41, 5.74) is 4.23. The molecule has 0 bridgehead atoms. The summed E-state index contributed by atoms with van der Waals surface area (Å²) < 4.78 is 5.92. The van der Waals surface area contributed by atoms with Gasteiger partial charge in [-0.25, -0.2) is 0 Å². The second kappa shape index (κ2) is 9.97. The lowest BCUT2D eigenvalue weighted by molar-refractivity contribution is -0.132. The number of hydrogen-bond acceptors (Lipinski definition) is 3. The van der Waals surface area contributed by atoms with Gasteiger partial charge in [0.1, 0.15) is 0 Å². The highest BCUT2D eigenvalue weighted by atomic mass is 16.5. The van der Waals surface area contributed by atoms with Gasteiger partial charge in [0.05, 0.1) is 24.6 Å². The van der Waals surface area contributed by atoms with Gasteiger partial charge in [0.15, 0.2) is 0 Å². The highest BCUT2D eigenvalue weighted by molar-refractivity contribution is 5.87. The van der Waals surface area contributed by atoms with Crippen molar-refractivity contribution in [1.29, 1.82) is 0 Å². The van der Waals surface area contributed by atoms with Gasteiger partial charge >= 0.3 is 0 Å². The lowest BCUT2D eigenvalue weighted by atomic mass is 9.89. The first-order valence-corrected chi connectivity index (χ1v) is 11.6. The Morgan fingerprint density at radius 2 is 1.61 bits per heavy atom. The molecule has 1 aromatic heterocycles. The van der Waals surface area contributed by atoms with Crippen molar-refractivity contribution in [3.05, 3.63) is 114 Å². The number of benzene rings is 3. The molecule has 1 saturated heterocycles. The molecule has 4 nitrogen and oxygen atoms in total. The van der Waals surface area contributed by atoms with Crippen LogP contribution in [0.2, 0.25) is 0 Å². The number of nitrogens with zero attached hydrogens (tertiary/aromatic N) is 2. The van der Waals surface area contributed by atoms with Crippen LogP contribution in [0.3, 0.4) is 0 Å². The first-order valence-electron chi connectivity index (χ1n) is 11.6. The molecular formula is C29H28N2O2. The van der Waals surface area contributed by atoms with Crippen LogP contribution in [0.4, 0.5) is 0 Å². The molecule has 33 heavy (non-hydrogen) atoms. The van der Waals surface area contributed by atoms with Gasteiger partial charge in [-0.15, -0.1) is 0 Å². The van der Waals surface area contributed by atoms with Crippen LogP contribution in [0.5, 0.6) is 0 Å². The summed E-state index contributed by atoms with van der Waals surface area (Å²) in [4.78, 5) is 20.5. The average molecular weight is 437 g/mol. The molecule has 1 aliphatic rings. The summed E-state index contributed by atoms with van der Waals surface area (Å²) in [6.45, 7) is 2.51. The van der Waals surface area contributed by atoms with Crippen molar-refractivity contribution in [3.8, 4) is 0 Å². The van der Waals surface area contributed by atoms with Crippen molar-refractivity contribution < 1.29 is 9.53 Å². The number of carbonyl (C=O) groups excluding carboxylic acids is 1. The number of pyridine rings is 1. The maximum Gasteiger partial charge on any atom is 0.234 e. The number of aromatic nitrogens is 1. The van der Waals surface area contributed by atoms with Crippen LogP contribution >= 0.6 is 0 Å². The van der Waals surface area contributed by atoms with Gasteiger partial charge in [0, 0.05) is 30.6 Å². The third kappa shape index (κ3) is 4.96. The van der Waals surface area contributed by atoms with E-state index in [1.54, 1.807) is 0 Å². The van der Waals surface area contributed by atoms with Crippen LogP contribution in [-0.4, -0.2) is 42.1 Å². The van der Waals surface area contributed by atoms with Crippen LogP contribution in [0.25, 0.3) is 10.9 Å². The largest absolute Gasteiger partial charge is 0.379 e. The maximum absolute atomic E-state index is 13.9. The van der Waals surface area contributed by atoms with Gasteiger partial charge in [-0.2, -0.15) is 0 Å². The van der Waals surface area contributed by atoms with E-state index in [9.17, 15) is 4.79 Å². The van der Waals surface area contributed by atoms with E-state index in [-0.39, 0.29) is 17.7 Å². The van der Waals surface area contributed by atoms with E-state index in [4.69, 9.17) is 4.74 Å². The molecule has 1 fully saturated rings. The van der Waals surface area contributed by atoms with Crippen LogP contribution in [-0.2, 0) is 16.0 Å². The molecule has 0 saturated carbocycles. The molecule has 0 spiro atoms. The summed E-state index contributed by atoms with van der Waals surface area (Å²) >= 11 is 0. The molecule has 1 unspecified atom stereocenters. The van der Waals surface area contributed by atoms with E-state index in [2.05, 4.69) is 17.1 Å². The normalized spacial score (nSPS) is 16.6. The summed E-state index contributed by atoms with van der Waals surface area (Å²) in [7, 11) is 0. The molecule has 4 heteroatoms. The Morgan fingerprint density at radius 3 is 2.33 bits per heavy atom. The fraction of sp³-hybridized carbons (Fsp3) is 0.241. The predicted molar refractivity (Wildman–Crippen MR) is 131 cm³/mol. The SMILES string of the molecule is O=C(C(c1ccccc1)c1ccccc1)N1CCOCC(Cc2cnc3ccccc3c2)C1. The van der Waals surface area contributed by atoms with Crippen molar-refractivity contribution in [1.82, 2.24) is 9.88 Å². The molecule has 5 rings (SSSR count). The fourth-order valence-corrected chi connectivity index (χ4v) is 4.72. The maximum atomic E-state index is 13.9. The first-order chi connectivity index (χ1) is 16.3. The molecule has 1 aliphatic heterocycles. The average Bonchev–Trinajstić information content (AvgIpc) is 3.11. The quantitative estimate of drug-likeness (QED) is 0.438. The van der Waals surface area contributed by atoms with Crippen LogP contribution in [0.1, 0.15) is 22.6 Å². The van der Waals surface area contributed by atoms with Crippen molar-refractivity contribution in [2.24, 2.45) is 5.92 Å². The Morgan fingerprint density at radius 1 is 0.939 bits per heavy atom. The summed E-state index contributed by atoms with van der Waals surface area (Å²) in [6, 6.07) is 30.5. The second-order valence-electron chi connectivity index (χ2n) is 8.72. The molecular weight excluding hydrogens is 408 g/mol. The summed E-state index contributed by atoms with van der Waals surface area (Å²) in [5.74, 6) is 0.0552. The minimum absolute atomic E-state index is 0.138. The Hall–Kier alpha value is -3.50. The van der Waals surface area contributed by atoms with Gasteiger partial charge in [-0.3, -0.25) is 9.78 Å². The number of amides is 1. The lowest BCUT2D eigenvalue weighted by Gasteiger charge is -2.28. The Bertz CT molecular complexity index is 1170. The fourth-order valence-electron chi connectivity index (χ4n) is 4.72. The molecule has 1 atom stereocenters. The van der Waals surface area contributed by atoms with Crippen molar-refractivity contribution in [2.75, 3.05) is 26.3 Å². The van der Waals surface area contributed by atoms with E-state index in [1.807, 2.05) is 90.0 Å². The molecule has 166 valence electrons. The molecule has 0 radical (unpaired) electrons. The minimum Gasteiger partial charge on any atom is -0.379 e. The number of rotatable bonds is 5.